The second-order valence-corrected chi connectivity index (χ2v) is 5.04. The quantitative estimate of drug-likeness (QED) is 0.810. The van der Waals surface area contributed by atoms with Crippen LogP contribution >= 0.6 is 0 Å². The molecule has 0 aliphatic carbocycles. The normalized spacial score (nSPS) is 11.0. The van der Waals surface area contributed by atoms with Crippen LogP contribution in [0.1, 0.15) is 28.7 Å². The molecule has 0 radical (unpaired) electrons. The molecule has 0 atom stereocenters. The monoisotopic (exact) mass is 294 g/mol. The molecule has 0 saturated carbocycles. The summed E-state index contributed by atoms with van der Waals surface area (Å²) in [6.45, 7) is 3.70. The molecule has 0 aliphatic heterocycles. The van der Waals surface area contributed by atoms with Crippen molar-refractivity contribution in [1.82, 2.24) is 0 Å². The van der Waals surface area contributed by atoms with Gasteiger partial charge in [-0.1, -0.05) is 12.1 Å². The van der Waals surface area contributed by atoms with Crippen molar-refractivity contribution in [3.05, 3.63) is 58.4 Å². The van der Waals surface area contributed by atoms with Crippen molar-refractivity contribution in [2.75, 3.05) is 11.1 Å². The summed E-state index contributed by atoms with van der Waals surface area (Å²) in [6, 6.07) is 7.76. The molecule has 2 aromatic rings. The average Bonchev–Trinajstić information content (AvgIpc) is 2.43. The van der Waals surface area contributed by atoms with E-state index in [-0.39, 0.29) is 11.4 Å². The van der Waals surface area contributed by atoms with Gasteiger partial charge in [0.1, 0.15) is 5.82 Å². The fourth-order valence-corrected chi connectivity index (χ4v) is 2.26. The number of alkyl halides is 2. The first-order valence-corrected chi connectivity index (χ1v) is 6.55. The number of aryl methyl sites for hydroxylation is 2. The van der Waals surface area contributed by atoms with Crippen LogP contribution in [0, 0.1) is 19.7 Å². The standard InChI is InChI=1S/C16H17F3N2/c1-9-5-11(6-10(2)15(9)17)8-21-14-4-3-12(20)7-13(14)16(18)19/h3-7,16,21H,8,20H2,1-2H3. The van der Waals surface area contributed by atoms with Gasteiger partial charge in [0.25, 0.3) is 6.43 Å². The van der Waals surface area contributed by atoms with Gasteiger partial charge in [-0.2, -0.15) is 0 Å². The zero-order valence-electron chi connectivity index (χ0n) is 11.9. The molecule has 0 bridgehead atoms. The van der Waals surface area contributed by atoms with E-state index >= 15 is 0 Å². The molecule has 0 aromatic heterocycles. The molecule has 3 N–H and O–H groups in total. The predicted molar refractivity (Wildman–Crippen MR) is 79.0 cm³/mol. The van der Waals surface area contributed by atoms with Gasteiger partial charge in [-0.25, -0.2) is 13.2 Å². The number of benzene rings is 2. The van der Waals surface area contributed by atoms with Gasteiger partial charge < -0.3 is 11.1 Å². The number of hydrogen-bond acceptors (Lipinski definition) is 2. The zero-order chi connectivity index (χ0) is 15.6. The van der Waals surface area contributed by atoms with Gasteiger partial charge in [-0.15, -0.1) is 0 Å². The molecule has 21 heavy (non-hydrogen) atoms. The van der Waals surface area contributed by atoms with Crippen molar-refractivity contribution in [2.24, 2.45) is 0 Å². The highest BCUT2D eigenvalue weighted by molar-refractivity contribution is 5.58. The highest BCUT2D eigenvalue weighted by Gasteiger charge is 2.13. The minimum Gasteiger partial charge on any atom is -0.399 e. The van der Waals surface area contributed by atoms with Crippen molar-refractivity contribution < 1.29 is 13.2 Å². The van der Waals surface area contributed by atoms with Crippen LogP contribution in [0.5, 0.6) is 0 Å². The molecule has 0 fully saturated rings. The lowest BCUT2D eigenvalue weighted by Gasteiger charge is -2.13. The van der Waals surface area contributed by atoms with E-state index in [2.05, 4.69) is 5.32 Å². The maximum atomic E-state index is 13.6. The van der Waals surface area contributed by atoms with E-state index in [1.54, 1.807) is 32.0 Å². The Kier molecular flexibility index (Phi) is 4.40. The smallest absolute Gasteiger partial charge is 0.265 e. The molecular weight excluding hydrogens is 277 g/mol. The number of nitrogen functional groups attached to an aromatic ring is 1. The molecule has 2 nitrogen and oxygen atoms in total. The highest BCUT2D eigenvalue weighted by atomic mass is 19.3. The summed E-state index contributed by atoms with van der Waals surface area (Å²) in [4.78, 5) is 0. The van der Waals surface area contributed by atoms with Crippen molar-refractivity contribution in [3.8, 4) is 0 Å². The van der Waals surface area contributed by atoms with E-state index in [1.165, 1.54) is 12.1 Å². The lowest BCUT2D eigenvalue weighted by Crippen LogP contribution is -2.05. The maximum absolute atomic E-state index is 13.6. The minimum absolute atomic E-state index is 0.134. The summed E-state index contributed by atoms with van der Waals surface area (Å²) >= 11 is 0. The third-order valence-corrected chi connectivity index (χ3v) is 3.29. The Balaban J connectivity index is 2.21. The van der Waals surface area contributed by atoms with Crippen LogP contribution in [0.2, 0.25) is 0 Å². The lowest BCUT2D eigenvalue weighted by molar-refractivity contribution is 0.152. The maximum Gasteiger partial charge on any atom is 0.265 e. The predicted octanol–water partition coefficient (Wildman–Crippen LogP) is 4.57. The van der Waals surface area contributed by atoms with Crippen LogP contribution in [-0.4, -0.2) is 0 Å². The van der Waals surface area contributed by atoms with E-state index in [9.17, 15) is 13.2 Å². The number of halogens is 3. The summed E-state index contributed by atoms with van der Waals surface area (Å²) in [5.74, 6) is -0.237. The topological polar surface area (TPSA) is 38.0 Å². The first kappa shape index (κ1) is 15.2. The Morgan fingerprint density at radius 3 is 2.29 bits per heavy atom. The van der Waals surface area contributed by atoms with Gasteiger partial charge in [-0.3, -0.25) is 0 Å². The average molecular weight is 294 g/mol. The molecule has 112 valence electrons. The molecule has 0 unspecified atom stereocenters. The van der Waals surface area contributed by atoms with Crippen LogP contribution in [0.4, 0.5) is 24.5 Å². The molecule has 0 saturated heterocycles. The zero-order valence-corrected chi connectivity index (χ0v) is 11.9. The Bertz CT molecular complexity index is 631. The number of anilines is 2. The lowest BCUT2D eigenvalue weighted by atomic mass is 10.1. The number of nitrogens with two attached hydrogens (primary N) is 1. The molecule has 5 heteroatoms. The van der Waals surface area contributed by atoms with Gasteiger partial charge in [-0.05, 0) is 48.7 Å². The van der Waals surface area contributed by atoms with E-state index in [0.717, 1.165) is 5.56 Å². The second kappa shape index (κ2) is 6.08. The van der Waals surface area contributed by atoms with Crippen LogP contribution in [0.3, 0.4) is 0 Å². The first-order valence-electron chi connectivity index (χ1n) is 6.55. The molecular formula is C16H17F3N2. The van der Waals surface area contributed by atoms with Crippen LogP contribution in [0.25, 0.3) is 0 Å². The number of hydrogen-bond donors (Lipinski definition) is 2. The van der Waals surface area contributed by atoms with Gasteiger partial charge in [0, 0.05) is 23.5 Å². The summed E-state index contributed by atoms with van der Waals surface area (Å²) in [5, 5.41) is 2.95. The minimum atomic E-state index is -2.60. The van der Waals surface area contributed by atoms with Crippen molar-refractivity contribution >= 4 is 11.4 Å². The van der Waals surface area contributed by atoms with Gasteiger partial charge >= 0.3 is 0 Å². The van der Waals surface area contributed by atoms with Crippen LogP contribution in [0.15, 0.2) is 30.3 Å². The molecule has 2 rings (SSSR count). The summed E-state index contributed by atoms with van der Waals surface area (Å²) < 4.78 is 39.5. The number of nitrogens with one attached hydrogen (secondary N) is 1. The highest BCUT2D eigenvalue weighted by Crippen LogP contribution is 2.29. The molecule has 2 aromatic carbocycles. The molecule has 0 heterocycles. The summed E-state index contributed by atoms with van der Waals surface area (Å²) in [6.07, 6.45) is -2.60. The fraction of sp³-hybridized carbons (Fsp3) is 0.250. The number of rotatable bonds is 4. The largest absolute Gasteiger partial charge is 0.399 e. The van der Waals surface area contributed by atoms with Gasteiger partial charge in [0.2, 0.25) is 0 Å². The molecule has 0 spiro atoms. The van der Waals surface area contributed by atoms with E-state index in [1.807, 2.05) is 0 Å². The third-order valence-electron chi connectivity index (χ3n) is 3.29. The Hall–Kier alpha value is -2.17. The summed E-state index contributed by atoms with van der Waals surface area (Å²) in [7, 11) is 0. The van der Waals surface area contributed by atoms with E-state index in [0.29, 0.717) is 29.0 Å². The molecule has 0 amide bonds. The van der Waals surface area contributed by atoms with Crippen molar-refractivity contribution in [1.29, 1.82) is 0 Å². The van der Waals surface area contributed by atoms with E-state index in [4.69, 9.17) is 5.73 Å². The van der Waals surface area contributed by atoms with Gasteiger partial charge in [0.05, 0.1) is 0 Å². The Morgan fingerprint density at radius 2 is 1.71 bits per heavy atom. The van der Waals surface area contributed by atoms with Crippen molar-refractivity contribution in [2.45, 2.75) is 26.8 Å². The SMILES string of the molecule is Cc1cc(CNc2ccc(N)cc2C(F)F)cc(C)c1F. The Morgan fingerprint density at radius 1 is 1.10 bits per heavy atom. The third kappa shape index (κ3) is 3.48. The van der Waals surface area contributed by atoms with Crippen LogP contribution < -0.4 is 11.1 Å². The second-order valence-electron chi connectivity index (χ2n) is 5.04. The first-order chi connectivity index (χ1) is 9.88. The van der Waals surface area contributed by atoms with E-state index < -0.39 is 6.43 Å². The fourth-order valence-electron chi connectivity index (χ4n) is 2.26. The van der Waals surface area contributed by atoms with Gasteiger partial charge in [0.15, 0.2) is 0 Å². The van der Waals surface area contributed by atoms with Crippen molar-refractivity contribution in [3.63, 3.8) is 0 Å². The summed E-state index contributed by atoms with van der Waals surface area (Å²) in [5.41, 5.74) is 7.94. The van der Waals surface area contributed by atoms with Crippen LogP contribution in [-0.2, 0) is 6.54 Å². The molecule has 0 aliphatic rings. The Labute approximate surface area is 121 Å².